The highest BCUT2D eigenvalue weighted by Gasteiger charge is 1.94. The number of aromatic amines is 2. The Balaban J connectivity index is 0.000000133. The summed E-state index contributed by atoms with van der Waals surface area (Å²) in [6.45, 7) is 0. The normalized spacial score (nSPS) is 10.0. The van der Waals surface area contributed by atoms with E-state index >= 15 is 0 Å². The molecule has 22 heavy (non-hydrogen) atoms. The molecule has 0 aliphatic heterocycles. The lowest BCUT2D eigenvalue weighted by Gasteiger charge is -1.98. The van der Waals surface area contributed by atoms with E-state index in [0.717, 1.165) is 11.2 Å². The smallest absolute Gasteiger partial charge is 0.159 e. The molecule has 0 saturated carbocycles. The first-order valence-corrected chi connectivity index (χ1v) is 7.22. The molecule has 2 N–H and O–H groups in total. The van der Waals surface area contributed by atoms with Crippen LogP contribution >= 0.6 is 12.2 Å². The van der Waals surface area contributed by atoms with Gasteiger partial charge in [0.15, 0.2) is 10.3 Å². The van der Waals surface area contributed by atoms with Crippen molar-refractivity contribution in [3.05, 3.63) is 78.0 Å². The maximum absolute atomic E-state index is 4.91. The maximum atomic E-state index is 4.91. The minimum Gasteiger partial charge on any atom is -0.341 e. The summed E-state index contributed by atoms with van der Waals surface area (Å²) in [5, 5.41) is 0. The Morgan fingerprint density at radius 2 is 1.23 bits per heavy atom. The molecule has 0 amide bonds. The minimum absolute atomic E-state index is 0.547. The van der Waals surface area contributed by atoms with Gasteiger partial charge in [0.1, 0.15) is 5.52 Å². The van der Waals surface area contributed by atoms with E-state index in [9.17, 15) is 0 Å². The Bertz CT molecular complexity index is 860. The van der Waals surface area contributed by atoms with Gasteiger partial charge in [-0.15, -0.1) is 0 Å². The fourth-order valence-electron chi connectivity index (χ4n) is 2.04. The number of hydrogen-bond acceptors (Lipinski definition) is 3. The zero-order valence-corrected chi connectivity index (χ0v) is 12.5. The third kappa shape index (κ3) is 3.27. The molecule has 0 fully saturated rings. The predicted octanol–water partition coefficient (Wildman–Crippen LogP) is 4.37. The van der Waals surface area contributed by atoms with Crippen molar-refractivity contribution in [2.45, 2.75) is 0 Å². The summed E-state index contributed by atoms with van der Waals surface area (Å²) in [5.74, 6) is 0. The topological polar surface area (TPSA) is 57.4 Å². The molecule has 0 atom stereocenters. The largest absolute Gasteiger partial charge is 0.341 e. The number of imidazole rings is 1. The third-order valence-corrected chi connectivity index (χ3v) is 3.43. The molecule has 0 spiro atoms. The highest BCUT2D eigenvalue weighted by Crippen LogP contribution is 2.17. The zero-order valence-electron chi connectivity index (χ0n) is 11.7. The van der Waals surface area contributed by atoms with Crippen molar-refractivity contribution in [1.82, 2.24) is 19.9 Å². The van der Waals surface area contributed by atoms with Crippen LogP contribution in [-0.4, -0.2) is 19.9 Å². The van der Waals surface area contributed by atoms with E-state index in [0.29, 0.717) is 4.64 Å². The Morgan fingerprint density at radius 3 is 1.77 bits per heavy atom. The van der Waals surface area contributed by atoms with Crippen LogP contribution in [0.2, 0.25) is 0 Å². The molecule has 0 radical (unpaired) electrons. The number of aromatic nitrogens is 4. The maximum Gasteiger partial charge on any atom is 0.159 e. The van der Waals surface area contributed by atoms with Gasteiger partial charge in [-0.2, -0.15) is 0 Å². The molecule has 4 aromatic rings. The molecule has 0 aliphatic rings. The highest BCUT2D eigenvalue weighted by atomic mass is 32.1. The number of hydrogen-bond donors (Lipinski definition) is 2. The number of benzene rings is 2. The second kappa shape index (κ2) is 6.78. The van der Waals surface area contributed by atoms with Crippen LogP contribution in [0.15, 0.2) is 73.3 Å². The molecule has 2 aromatic heterocycles. The van der Waals surface area contributed by atoms with Gasteiger partial charge in [-0.1, -0.05) is 72.9 Å². The van der Waals surface area contributed by atoms with Crippen LogP contribution in [0.5, 0.6) is 0 Å². The average molecular weight is 306 g/mol. The molecular formula is C17H14N4S. The Morgan fingerprint density at radius 1 is 0.682 bits per heavy atom. The monoisotopic (exact) mass is 306 g/mol. The van der Waals surface area contributed by atoms with Gasteiger partial charge < -0.3 is 9.97 Å². The average Bonchev–Trinajstić information content (AvgIpc) is 3.07. The highest BCUT2D eigenvalue weighted by molar-refractivity contribution is 7.71. The molecule has 0 saturated heterocycles. The lowest BCUT2D eigenvalue weighted by Crippen LogP contribution is -1.80. The number of nitrogens with zero attached hydrogens (tertiary/aromatic N) is 2. The standard InChI is InChI=1S/C12H10.C5H4N4S/c1-3-7-11(8-4-1)12-9-5-2-6-10-12;10-5-3-4(7-1-6-3)8-2-9-5/h1-10H;1-2H,(H2,6,7,8,9,10). The molecular weight excluding hydrogens is 292 g/mol. The van der Waals surface area contributed by atoms with Gasteiger partial charge in [-0.3, -0.25) is 0 Å². The lowest BCUT2D eigenvalue weighted by molar-refractivity contribution is 1.18. The summed E-state index contributed by atoms with van der Waals surface area (Å²) in [4.78, 5) is 13.6. The molecule has 5 heteroatoms. The summed E-state index contributed by atoms with van der Waals surface area (Å²) in [6, 6.07) is 20.8. The number of fused-ring (bicyclic) bond motifs is 1. The molecule has 0 bridgehead atoms. The van der Waals surface area contributed by atoms with Crippen LogP contribution in [0, 0.1) is 4.64 Å². The first kappa shape index (κ1) is 14.2. The summed E-state index contributed by atoms with van der Waals surface area (Å²) in [5.41, 5.74) is 4.09. The third-order valence-electron chi connectivity index (χ3n) is 3.12. The summed E-state index contributed by atoms with van der Waals surface area (Å²) < 4.78 is 0.547. The summed E-state index contributed by atoms with van der Waals surface area (Å²) in [7, 11) is 0. The van der Waals surface area contributed by atoms with Gasteiger partial charge in [0.25, 0.3) is 0 Å². The molecule has 2 heterocycles. The molecule has 0 unspecified atom stereocenters. The Kier molecular flexibility index (Phi) is 4.36. The quantitative estimate of drug-likeness (QED) is 0.513. The predicted molar refractivity (Wildman–Crippen MR) is 91.0 cm³/mol. The van der Waals surface area contributed by atoms with E-state index in [1.54, 1.807) is 6.33 Å². The van der Waals surface area contributed by atoms with E-state index in [1.165, 1.54) is 17.5 Å². The minimum atomic E-state index is 0.547. The zero-order chi connectivity index (χ0) is 15.2. The van der Waals surface area contributed by atoms with Crippen LogP contribution in [0.1, 0.15) is 0 Å². The van der Waals surface area contributed by atoms with E-state index in [-0.39, 0.29) is 0 Å². The van der Waals surface area contributed by atoms with Crippen molar-refractivity contribution in [2.75, 3.05) is 0 Å². The molecule has 2 aromatic carbocycles. The molecule has 4 nitrogen and oxygen atoms in total. The Hall–Kier alpha value is -2.79. The molecule has 108 valence electrons. The fraction of sp³-hybridized carbons (Fsp3) is 0. The molecule has 4 rings (SSSR count). The SMILES string of the molecule is S=c1nc[nH]c2nc[nH]c12.c1ccc(-c2ccccc2)cc1. The van der Waals surface area contributed by atoms with Gasteiger partial charge in [-0.25, -0.2) is 9.97 Å². The lowest BCUT2D eigenvalue weighted by atomic mass is 10.1. The molecule has 0 aliphatic carbocycles. The fourth-order valence-corrected chi connectivity index (χ4v) is 2.25. The Labute approximate surface area is 132 Å². The number of rotatable bonds is 1. The van der Waals surface area contributed by atoms with Crippen molar-refractivity contribution in [3.63, 3.8) is 0 Å². The van der Waals surface area contributed by atoms with Crippen molar-refractivity contribution >= 4 is 23.4 Å². The number of nitrogens with one attached hydrogen (secondary N) is 2. The second-order valence-electron chi connectivity index (χ2n) is 4.57. The van der Waals surface area contributed by atoms with Crippen molar-refractivity contribution < 1.29 is 0 Å². The van der Waals surface area contributed by atoms with E-state index in [1.807, 2.05) is 12.1 Å². The van der Waals surface area contributed by atoms with Crippen molar-refractivity contribution in [1.29, 1.82) is 0 Å². The van der Waals surface area contributed by atoms with Crippen molar-refractivity contribution in [2.24, 2.45) is 0 Å². The van der Waals surface area contributed by atoms with Crippen LogP contribution in [-0.2, 0) is 0 Å². The second-order valence-corrected chi connectivity index (χ2v) is 4.95. The van der Waals surface area contributed by atoms with E-state index < -0.39 is 0 Å². The summed E-state index contributed by atoms with van der Waals surface area (Å²) in [6.07, 6.45) is 3.12. The van der Waals surface area contributed by atoms with Crippen LogP contribution in [0.3, 0.4) is 0 Å². The van der Waals surface area contributed by atoms with Crippen molar-refractivity contribution in [3.8, 4) is 11.1 Å². The van der Waals surface area contributed by atoms with E-state index in [4.69, 9.17) is 12.2 Å². The van der Waals surface area contributed by atoms with Gasteiger partial charge >= 0.3 is 0 Å². The number of H-pyrrole nitrogens is 2. The first-order chi connectivity index (χ1) is 10.8. The van der Waals surface area contributed by atoms with Gasteiger partial charge in [0, 0.05) is 0 Å². The van der Waals surface area contributed by atoms with Gasteiger partial charge in [0.05, 0.1) is 12.7 Å². The van der Waals surface area contributed by atoms with Crippen LogP contribution in [0.4, 0.5) is 0 Å². The van der Waals surface area contributed by atoms with Crippen LogP contribution < -0.4 is 0 Å². The summed E-state index contributed by atoms with van der Waals surface area (Å²) >= 11 is 4.91. The van der Waals surface area contributed by atoms with Gasteiger partial charge in [0.2, 0.25) is 0 Å². The van der Waals surface area contributed by atoms with E-state index in [2.05, 4.69) is 68.5 Å². The van der Waals surface area contributed by atoms with Crippen LogP contribution in [0.25, 0.3) is 22.3 Å². The first-order valence-electron chi connectivity index (χ1n) is 6.82. The van der Waals surface area contributed by atoms with Gasteiger partial charge in [-0.05, 0) is 11.1 Å².